The topological polar surface area (TPSA) is 74.2 Å². The zero-order valence-corrected chi connectivity index (χ0v) is 12.8. The summed E-state index contributed by atoms with van der Waals surface area (Å²) in [7, 11) is 0. The minimum atomic E-state index is -0.397. The quantitative estimate of drug-likeness (QED) is 0.907. The Balaban J connectivity index is 1.68. The molecule has 0 bridgehead atoms. The van der Waals surface area contributed by atoms with E-state index < -0.39 is 6.04 Å². The third kappa shape index (κ3) is 3.37. The Bertz CT molecular complexity index is 628. The van der Waals surface area contributed by atoms with Gasteiger partial charge < -0.3 is 15.0 Å². The van der Waals surface area contributed by atoms with Gasteiger partial charge in [0.25, 0.3) is 5.89 Å². The SMILES string of the molecule is NC(COC1CCC1)c1noc(-c2ccc(Cl)c(Cl)c2)n1. The zero-order valence-electron chi connectivity index (χ0n) is 11.3. The number of hydrogen-bond acceptors (Lipinski definition) is 5. The van der Waals surface area contributed by atoms with Gasteiger partial charge in [-0.25, -0.2) is 0 Å². The van der Waals surface area contributed by atoms with Crippen molar-refractivity contribution in [3.63, 3.8) is 0 Å². The first-order chi connectivity index (χ1) is 10.1. The van der Waals surface area contributed by atoms with Gasteiger partial charge in [0.15, 0.2) is 5.82 Å². The molecule has 0 spiro atoms. The summed E-state index contributed by atoms with van der Waals surface area (Å²) in [4.78, 5) is 4.29. The van der Waals surface area contributed by atoms with Crippen LogP contribution in [0.4, 0.5) is 0 Å². The van der Waals surface area contributed by atoms with Crippen LogP contribution in [-0.4, -0.2) is 22.9 Å². The maximum absolute atomic E-state index is 6.01. The highest BCUT2D eigenvalue weighted by atomic mass is 35.5. The second kappa shape index (κ2) is 6.32. The van der Waals surface area contributed by atoms with E-state index >= 15 is 0 Å². The first-order valence-electron chi connectivity index (χ1n) is 6.79. The summed E-state index contributed by atoms with van der Waals surface area (Å²) in [6, 6.07) is 4.73. The van der Waals surface area contributed by atoms with Crippen molar-refractivity contribution < 1.29 is 9.26 Å². The van der Waals surface area contributed by atoms with Gasteiger partial charge in [0.2, 0.25) is 0 Å². The molecule has 5 nitrogen and oxygen atoms in total. The van der Waals surface area contributed by atoms with Gasteiger partial charge in [-0.05, 0) is 37.5 Å². The van der Waals surface area contributed by atoms with Gasteiger partial charge in [0.1, 0.15) is 0 Å². The van der Waals surface area contributed by atoms with E-state index in [-0.39, 0.29) is 0 Å². The minimum absolute atomic E-state index is 0.331. The molecule has 7 heteroatoms. The fourth-order valence-electron chi connectivity index (χ4n) is 1.98. The lowest BCUT2D eigenvalue weighted by molar-refractivity contribution is -0.00549. The van der Waals surface area contributed by atoms with Crippen molar-refractivity contribution in [3.05, 3.63) is 34.1 Å². The van der Waals surface area contributed by atoms with Crippen LogP contribution in [0.5, 0.6) is 0 Å². The number of ether oxygens (including phenoxy) is 1. The standard InChI is InChI=1S/C14H15Cl2N3O2/c15-10-5-4-8(6-11(10)16)14-18-13(19-21-14)12(17)7-20-9-2-1-3-9/h4-6,9,12H,1-3,7,17H2. The van der Waals surface area contributed by atoms with Crippen LogP contribution < -0.4 is 5.73 Å². The van der Waals surface area contributed by atoms with Crippen molar-refractivity contribution in [3.8, 4) is 11.5 Å². The summed E-state index contributed by atoms with van der Waals surface area (Å²) < 4.78 is 10.9. The Hall–Kier alpha value is -1.14. The lowest BCUT2D eigenvalue weighted by Gasteiger charge is -2.26. The van der Waals surface area contributed by atoms with E-state index in [1.807, 2.05) is 0 Å². The summed E-state index contributed by atoms with van der Waals surface area (Å²) >= 11 is 11.9. The second-order valence-electron chi connectivity index (χ2n) is 5.08. The first-order valence-corrected chi connectivity index (χ1v) is 7.55. The normalized spacial score (nSPS) is 16.7. The van der Waals surface area contributed by atoms with E-state index in [4.69, 9.17) is 38.2 Å². The minimum Gasteiger partial charge on any atom is -0.376 e. The molecule has 3 rings (SSSR count). The molecule has 0 amide bonds. The molecule has 0 saturated heterocycles. The van der Waals surface area contributed by atoms with Gasteiger partial charge in [-0.2, -0.15) is 4.98 Å². The number of aromatic nitrogens is 2. The van der Waals surface area contributed by atoms with Crippen LogP contribution in [0.15, 0.2) is 22.7 Å². The lowest BCUT2D eigenvalue weighted by atomic mass is 9.96. The predicted molar refractivity (Wildman–Crippen MR) is 80.3 cm³/mol. The smallest absolute Gasteiger partial charge is 0.258 e. The van der Waals surface area contributed by atoms with Gasteiger partial charge in [-0.1, -0.05) is 28.4 Å². The Morgan fingerprint density at radius 3 is 2.81 bits per heavy atom. The number of benzene rings is 1. The third-order valence-corrected chi connectivity index (χ3v) is 4.24. The molecule has 1 aromatic heterocycles. The molecule has 0 radical (unpaired) electrons. The fraction of sp³-hybridized carbons (Fsp3) is 0.429. The number of nitrogens with two attached hydrogens (primary N) is 1. The Morgan fingerprint density at radius 2 is 2.14 bits per heavy atom. The zero-order chi connectivity index (χ0) is 14.8. The molecule has 2 aromatic rings. The van der Waals surface area contributed by atoms with Crippen LogP contribution in [0.1, 0.15) is 31.1 Å². The molecule has 0 aliphatic heterocycles. The molecule has 1 atom stereocenters. The van der Waals surface area contributed by atoms with Crippen LogP contribution in [0.2, 0.25) is 10.0 Å². The molecule has 2 N–H and O–H groups in total. The van der Waals surface area contributed by atoms with Crippen LogP contribution in [0, 0.1) is 0 Å². The average Bonchev–Trinajstić information content (AvgIpc) is 2.89. The molecule has 1 fully saturated rings. The highest BCUT2D eigenvalue weighted by Crippen LogP contribution is 2.28. The van der Waals surface area contributed by atoms with Gasteiger partial charge in [-0.15, -0.1) is 0 Å². The van der Waals surface area contributed by atoms with Crippen molar-refractivity contribution in [1.82, 2.24) is 10.1 Å². The molecule has 1 aliphatic carbocycles. The van der Waals surface area contributed by atoms with Gasteiger partial charge >= 0.3 is 0 Å². The van der Waals surface area contributed by atoms with Crippen LogP contribution in [-0.2, 0) is 4.74 Å². The van der Waals surface area contributed by atoms with Crippen LogP contribution in [0.25, 0.3) is 11.5 Å². The van der Waals surface area contributed by atoms with Crippen molar-refractivity contribution in [1.29, 1.82) is 0 Å². The number of hydrogen-bond donors (Lipinski definition) is 1. The number of halogens is 2. The van der Waals surface area contributed by atoms with E-state index in [0.717, 1.165) is 12.8 Å². The Labute approximate surface area is 132 Å². The highest BCUT2D eigenvalue weighted by molar-refractivity contribution is 6.42. The average molecular weight is 328 g/mol. The van der Waals surface area contributed by atoms with Crippen molar-refractivity contribution in [2.45, 2.75) is 31.4 Å². The fourth-order valence-corrected chi connectivity index (χ4v) is 2.28. The van der Waals surface area contributed by atoms with Crippen molar-refractivity contribution in [2.75, 3.05) is 6.61 Å². The third-order valence-electron chi connectivity index (χ3n) is 3.50. The molecule has 1 unspecified atom stereocenters. The van der Waals surface area contributed by atoms with Crippen molar-refractivity contribution >= 4 is 23.2 Å². The molecule has 1 aliphatic rings. The molecular weight excluding hydrogens is 313 g/mol. The Morgan fingerprint density at radius 1 is 1.33 bits per heavy atom. The van der Waals surface area contributed by atoms with Gasteiger partial charge in [0, 0.05) is 5.56 Å². The summed E-state index contributed by atoms with van der Waals surface area (Å²) in [5.41, 5.74) is 6.71. The first kappa shape index (κ1) is 14.8. The molecule has 1 heterocycles. The van der Waals surface area contributed by atoms with E-state index in [1.165, 1.54) is 6.42 Å². The Kier molecular flexibility index (Phi) is 4.45. The predicted octanol–water partition coefficient (Wildman–Crippen LogP) is 3.61. The molecule has 1 aromatic carbocycles. The van der Waals surface area contributed by atoms with E-state index in [9.17, 15) is 0 Å². The monoisotopic (exact) mass is 327 g/mol. The summed E-state index contributed by atoms with van der Waals surface area (Å²) in [6.07, 6.45) is 3.77. The summed E-state index contributed by atoms with van der Waals surface area (Å²) in [5.74, 6) is 0.790. The second-order valence-corrected chi connectivity index (χ2v) is 5.89. The largest absolute Gasteiger partial charge is 0.376 e. The summed E-state index contributed by atoms with van der Waals surface area (Å²) in [5, 5.41) is 4.81. The maximum atomic E-state index is 6.01. The molecular formula is C14H15Cl2N3O2. The highest BCUT2D eigenvalue weighted by Gasteiger charge is 2.21. The van der Waals surface area contributed by atoms with E-state index in [0.29, 0.717) is 40.0 Å². The van der Waals surface area contributed by atoms with Crippen molar-refractivity contribution in [2.24, 2.45) is 5.73 Å². The number of nitrogens with zero attached hydrogens (tertiary/aromatic N) is 2. The molecule has 21 heavy (non-hydrogen) atoms. The van der Waals surface area contributed by atoms with Crippen LogP contribution in [0.3, 0.4) is 0 Å². The van der Waals surface area contributed by atoms with Crippen LogP contribution >= 0.6 is 23.2 Å². The van der Waals surface area contributed by atoms with E-state index in [1.54, 1.807) is 18.2 Å². The number of rotatable bonds is 5. The molecule has 1 saturated carbocycles. The summed E-state index contributed by atoms with van der Waals surface area (Å²) in [6.45, 7) is 0.394. The molecule has 112 valence electrons. The van der Waals surface area contributed by atoms with Gasteiger partial charge in [-0.3, -0.25) is 0 Å². The van der Waals surface area contributed by atoms with Gasteiger partial charge in [0.05, 0.1) is 28.8 Å². The maximum Gasteiger partial charge on any atom is 0.258 e. The van der Waals surface area contributed by atoms with E-state index in [2.05, 4.69) is 10.1 Å². The lowest BCUT2D eigenvalue weighted by Crippen LogP contribution is -2.27.